The van der Waals surface area contributed by atoms with Crippen LogP contribution in [0.3, 0.4) is 0 Å². The molecule has 0 aromatic carbocycles. The number of aromatic nitrogens is 2. The molecule has 0 bridgehead atoms. The third-order valence-electron chi connectivity index (χ3n) is 6.90. The van der Waals surface area contributed by atoms with E-state index in [2.05, 4.69) is 15.2 Å². The molecule has 5 rings (SSSR count). The first kappa shape index (κ1) is 20.6. The van der Waals surface area contributed by atoms with Crippen LogP contribution in [-0.4, -0.2) is 44.7 Å². The standard InChI is InChI=1S/C23H28N4O3S/c1-2-3-15-6-7-18-20-16(11-26(18)23(15)30)17(13-28)21(22(29)25-10-14-4-5-14)27(20)12-19-24-8-9-31-19/h2-3,6-9,14,16-17,20-21,28H,4-5,10-13H2,1H3,(H,25,29)/t16-,17-,20+,21-/m1/s1. The Labute approximate surface area is 185 Å². The van der Waals surface area contributed by atoms with E-state index in [1.807, 2.05) is 41.2 Å². The zero-order valence-electron chi connectivity index (χ0n) is 17.6. The molecule has 2 aromatic heterocycles. The zero-order valence-corrected chi connectivity index (χ0v) is 18.4. The number of hydrogen-bond acceptors (Lipinski definition) is 6. The number of aliphatic hydroxyl groups is 1. The molecule has 2 aliphatic heterocycles. The fourth-order valence-electron chi connectivity index (χ4n) is 5.27. The van der Waals surface area contributed by atoms with E-state index < -0.39 is 6.04 Å². The number of amides is 1. The van der Waals surface area contributed by atoms with E-state index in [9.17, 15) is 14.7 Å². The van der Waals surface area contributed by atoms with Crippen molar-refractivity contribution in [3.05, 3.63) is 56.4 Å². The average molecular weight is 441 g/mol. The van der Waals surface area contributed by atoms with Crippen LogP contribution in [0.5, 0.6) is 0 Å². The van der Waals surface area contributed by atoms with Gasteiger partial charge in [0.25, 0.3) is 5.56 Å². The third kappa shape index (κ3) is 3.66. The monoisotopic (exact) mass is 440 g/mol. The fourth-order valence-corrected chi connectivity index (χ4v) is 5.89. The molecule has 0 unspecified atom stereocenters. The molecule has 1 amide bonds. The highest BCUT2D eigenvalue weighted by molar-refractivity contribution is 7.09. The maximum atomic E-state index is 13.3. The summed E-state index contributed by atoms with van der Waals surface area (Å²) in [6.07, 6.45) is 7.82. The number of thiazole rings is 1. The number of nitrogens with one attached hydrogen (secondary N) is 1. The van der Waals surface area contributed by atoms with Crippen LogP contribution in [-0.2, 0) is 17.9 Å². The second-order valence-corrected chi connectivity index (χ2v) is 9.80. The van der Waals surface area contributed by atoms with Gasteiger partial charge in [-0.3, -0.25) is 14.5 Å². The maximum absolute atomic E-state index is 13.3. The van der Waals surface area contributed by atoms with Gasteiger partial charge in [0, 0.05) is 54.4 Å². The Morgan fingerprint density at radius 3 is 2.90 bits per heavy atom. The number of aliphatic hydroxyl groups excluding tert-OH is 1. The van der Waals surface area contributed by atoms with Gasteiger partial charge in [-0.05, 0) is 37.8 Å². The van der Waals surface area contributed by atoms with Crippen molar-refractivity contribution in [2.75, 3.05) is 13.2 Å². The molecule has 31 heavy (non-hydrogen) atoms. The molecule has 2 fully saturated rings. The Morgan fingerprint density at radius 2 is 2.23 bits per heavy atom. The van der Waals surface area contributed by atoms with Crippen LogP contribution in [0.25, 0.3) is 6.08 Å². The lowest BCUT2D eigenvalue weighted by molar-refractivity contribution is -0.128. The quantitative estimate of drug-likeness (QED) is 0.688. The molecule has 2 aromatic rings. The fraction of sp³-hybridized carbons (Fsp3) is 0.522. The van der Waals surface area contributed by atoms with Crippen LogP contribution < -0.4 is 10.9 Å². The summed E-state index contributed by atoms with van der Waals surface area (Å²) >= 11 is 1.56. The van der Waals surface area contributed by atoms with Crippen molar-refractivity contribution >= 4 is 23.3 Å². The van der Waals surface area contributed by atoms with Crippen molar-refractivity contribution in [1.29, 1.82) is 0 Å². The van der Waals surface area contributed by atoms with E-state index in [1.54, 1.807) is 17.5 Å². The molecule has 1 saturated carbocycles. The molecule has 4 heterocycles. The lowest BCUT2D eigenvalue weighted by Crippen LogP contribution is -2.48. The van der Waals surface area contributed by atoms with Gasteiger partial charge in [0.15, 0.2) is 0 Å². The van der Waals surface area contributed by atoms with Crippen molar-refractivity contribution in [3.63, 3.8) is 0 Å². The van der Waals surface area contributed by atoms with E-state index in [-0.39, 0.29) is 36.0 Å². The summed E-state index contributed by atoms with van der Waals surface area (Å²) in [5, 5.41) is 16.3. The topological polar surface area (TPSA) is 87.5 Å². The highest BCUT2D eigenvalue weighted by Crippen LogP contribution is 2.49. The first-order valence-electron chi connectivity index (χ1n) is 11.0. The van der Waals surface area contributed by atoms with Crippen LogP contribution in [0, 0.1) is 17.8 Å². The highest BCUT2D eigenvalue weighted by Gasteiger charge is 2.55. The van der Waals surface area contributed by atoms with Crippen molar-refractivity contribution in [2.24, 2.45) is 17.8 Å². The molecule has 164 valence electrons. The second kappa shape index (κ2) is 8.33. The first-order chi connectivity index (χ1) is 15.1. The minimum atomic E-state index is -0.429. The number of hydrogen-bond donors (Lipinski definition) is 2. The zero-order chi connectivity index (χ0) is 21.5. The molecule has 0 spiro atoms. The predicted molar refractivity (Wildman–Crippen MR) is 119 cm³/mol. The van der Waals surface area contributed by atoms with Crippen molar-refractivity contribution in [2.45, 2.75) is 44.9 Å². The lowest BCUT2D eigenvalue weighted by atomic mass is 9.88. The largest absolute Gasteiger partial charge is 0.396 e. The second-order valence-electron chi connectivity index (χ2n) is 8.82. The predicted octanol–water partition coefficient (Wildman–Crippen LogP) is 2.03. The summed E-state index contributed by atoms with van der Waals surface area (Å²) in [5.41, 5.74) is 1.58. The summed E-state index contributed by atoms with van der Waals surface area (Å²) in [6.45, 7) is 3.57. The maximum Gasteiger partial charge on any atom is 0.258 e. The molecule has 8 heteroatoms. The van der Waals surface area contributed by atoms with Gasteiger partial charge in [-0.15, -0.1) is 11.3 Å². The van der Waals surface area contributed by atoms with Crippen molar-refractivity contribution in [1.82, 2.24) is 19.8 Å². The lowest BCUT2D eigenvalue weighted by Gasteiger charge is -2.30. The molecule has 1 saturated heterocycles. The molecule has 4 atom stereocenters. The normalized spacial score (nSPS) is 27.5. The summed E-state index contributed by atoms with van der Waals surface area (Å²) in [5.74, 6) is 0.356. The Bertz CT molecular complexity index is 1040. The van der Waals surface area contributed by atoms with Crippen LogP contribution in [0.1, 0.15) is 42.1 Å². The SMILES string of the molecule is CC=Cc1ccc2n(c1=O)C[C@@H]1[C@@H](CO)[C@H](C(=O)NCC3CC3)N(Cc3nccs3)[C@H]21. The van der Waals surface area contributed by atoms with Gasteiger partial charge in [0.2, 0.25) is 5.91 Å². The number of rotatable bonds is 7. The highest BCUT2D eigenvalue weighted by atomic mass is 32.1. The number of carbonyl (C=O) groups excluding carboxylic acids is 1. The molecule has 3 aliphatic rings. The number of pyridine rings is 1. The van der Waals surface area contributed by atoms with Gasteiger partial charge < -0.3 is 15.0 Å². The summed E-state index contributed by atoms with van der Waals surface area (Å²) in [7, 11) is 0. The first-order valence-corrected chi connectivity index (χ1v) is 11.9. The van der Waals surface area contributed by atoms with Gasteiger partial charge in [-0.2, -0.15) is 0 Å². The Balaban J connectivity index is 1.52. The van der Waals surface area contributed by atoms with Gasteiger partial charge in [0.05, 0.1) is 18.6 Å². The average Bonchev–Trinajstić information content (AvgIpc) is 3.18. The summed E-state index contributed by atoms with van der Waals surface area (Å²) in [6, 6.07) is 3.36. The molecule has 0 radical (unpaired) electrons. The summed E-state index contributed by atoms with van der Waals surface area (Å²) < 4.78 is 1.83. The molecular weight excluding hydrogens is 412 g/mol. The van der Waals surface area contributed by atoms with E-state index in [4.69, 9.17) is 0 Å². The van der Waals surface area contributed by atoms with Crippen molar-refractivity contribution < 1.29 is 9.90 Å². The number of carbonyl (C=O) groups is 1. The number of likely N-dealkylation sites (tertiary alicyclic amines) is 1. The molecular formula is C23H28N4O3S. The van der Waals surface area contributed by atoms with Gasteiger partial charge >= 0.3 is 0 Å². The van der Waals surface area contributed by atoms with Crippen LogP contribution in [0.4, 0.5) is 0 Å². The Hall–Kier alpha value is -2.29. The van der Waals surface area contributed by atoms with E-state index in [1.165, 1.54) is 12.8 Å². The van der Waals surface area contributed by atoms with E-state index >= 15 is 0 Å². The molecule has 2 N–H and O–H groups in total. The van der Waals surface area contributed by atoms with Gasteiger partial charge in [-0.1, -0.05) is 12.2 Å². The molecule has 1 aliphatic carbocycles. The van der Waals surface area contributed by atoms with Gasteiger partial charge in [-0.25, -0.2) is 4.98 Å². The smallest absolute Gasteiger partial charge is 0.258 e. The number of nitrogens with zero attached hydrogens (tertiary/aromatic N) is 3. The minimum Gasteiger partial charge on any atom is -0.396 e. The number of allylic oxidation sites excluding steroid dienone is 1. The van der Waals surface area contributed by atoms with Crippen LogP contribution >= 0.6 is 11.3 Å². The third-order valence-corrected chi connectivity index (χ3v) is 7.66. The Kier molecular flexibility index (Phi) is 5.54. The van der Waals surface area contributed by atoms with E-state index in [0.717, 1.165) is 10.7 Å². The Morgan fingerprint density at radius 1 is 1.39 bits per heavy atom. The van der Waals surface area contributed by atoms with Crippen molar-refractivity contribution in [3.8, 4) is 0 Å². The summed E-state index contributed by atoms with van der Waals surface area (Å²) in [4.78, 5) is 32.9. The molecule has 7 nitrogen and oxygen atoms in total. The number of fused-ring (bicyclic) bond motifs is 3. The van der Waals surface area contributed by atoms with Crippen LogP contribution in [0.15, 0.2) is 34.6 Å². The minimum absolute atomic E-state index is 0.00868. The van der Waals surface area contributed by atoms with Crippen LogP contribution in [0.2, 0.25) is 0 Å². The van der Waals surface area contributed by atoms with E-state index in [0.29, 0.717) is 31.1 Å². The van der Waals surface area contributed by atoms with Gasteiger partial charge in [0.1, 0.15) is 5.01 Å².